The third-order valence-electron chi connectivity index (χ3n) is 8.60. The van der Waals surface area contributed by atoms with Crippen LogP contribution in [0.4, 0.5) is 0 Å². The largest absolute Gasteiger partial charge is 0.0726 e. The van der Waals surface area contributed by atoms with Crippen molar-refractivity contribution < 1.29 is 0 Å². The molecule has 0 heteroatoms. The predicted octanol–water partition coefficient (Wildman–Crippen LogP) is 9.64. The number of allylic oxidation sites excluding steroid dienone is 8. The minimum atomic E-state index is 0.396. The number of rotatable bonds is 8. The Labute approximate surface area is 213 Å². The van der Waals surface area contributed by atoms with Crippen molar-refractivity contribution in [1.29, 1.82) is 0 Å². The summed E-state index contributed by atoms with van der Waals surface area (Å²) in [6, 6.07) is 18.7. The molecule has 0 heterocycles. The molecule has 0 aliphatic heterocycles. The van der Waals surface area contributed by atoms with Crippen LogP contribution >= 0.6 is 0 Å². The Bertz CT molecular complexity index is 1130. The Morgan fingerprint density at radius 1 is 0.829 bits per heavy atom. The van der Waals surface area contributed by atoms with E-state index in [2.05, 4.69) is 99.7 Å². The van der Waals surface area contributed by atoms with Gasteiger partial charge in [-0.1, -0.05) is 113 Å². The Morgan fingerprint density at radius 2 is 1.63 bits per heavy atom. The average Bonchev–Trinajstić information content (AvgIpc) is 3.39. The van der Waals surface area contributed by atoms with Crippen LogP contribution in [0.2, 0.25) is 0 Å². The molecule has 0 spiro atoms. The number of hydrogen-bond donors (Lipinski definition) is 0. The number of hydrogen-bond acceptors (Lipinski definition) is 0. The van der Waals surface area contributed by atoms with E-state index in [4.69, 9.17) is 0 Å². The van der Waals surface area contributed by atoms with E-state index in [1.54, 1.807) is 5.56 Å². The lowest BCUT2D eigenvalue weighted by Crippen LogP contribution is -2.14. The molecule has 2 aromatic rings. The Morgan fingerprint density at radius 3 is 2.37 bits per heavy atom. The zero-order valence-corrected chi connectivity index (χ0v) is 22.0. The van der Waals surface area contributed by atoms with Crippen molar-refractivity contribution in [3.63, 3.8) is 0 Å². The topological polar surface area (TPSA) is 0 Å². The van der Waals surface area contributed by atoms with E-state index in [9.17, 15) is 0 Å². The molecule has 2 aromatic carbocycles. The first-order chi connectivity index (χ1) is 17.1. The van der Waals surface area contributed by atoms with Crippen molar-refractivity contribution in [2.75, 3.05) is 0 Å². The first kappa shape index (κ1) is 24.1. The number of aryl methyl sites for hydroxylation is 1. The molecule has 1 atom stereocenters. The van der Waals surface area contributed by atoms with E-state index >= 15 is 0 Å². The SMILES string of the molecule is CCc1cccc(C2=CC=C(Cc3ccc(C4CCC(CCC(C)C)CC4)cc3)C3=CC=CC32)c1. The van der Waals surface area contributed by atoms with Crippen molar-refractivity contribution in [2.45, 2.75) is 78.1 Å². The van der Waals surface area contributed by atoms with Crippen molar-refractivity contribution in [1.82, 2.24) is 0 Å². The number of fused-ring (bicyclic) bond motifs is 1. The summed E-state index contributed by atoms with van der Waals surface area (Å²) in [6.45, 7) is 6.95. The molecule has 0 radical (unpaired) electrons. The van der Waals surface area contributed by atoms with Gasteiger partial charge in [-0.05, 0) is 95.3 Å². The molecule has 0 N–H and O–H groups in total. The van der Waals surface area contributed by atoms with Crippen LogP contribution in [0.5, 0.6) is 0 Å². The molecule has 182 valence electrons. The highest BCUT2D eigenvalue weighted by Gasteiger charge is 2.26. The molecule has 3 aliphatic carbocycles. The normalized spacial score (nSPS) is 23.7. The van der Waals surface area contributed by atoms with Crippen molar-refractivity contribution in [3.05, 3.63) is 112 Å². The fourth-order valence-corrected chi connectivity index (χ4v) is 6.33. The summed E-state index contributed by atoms with van der Waals surface area (Å²) in [7, 11) is 0. The van der Waals surface area contributed by atoms with Crippen LogP contribution in [0.15, 0.2) is 90.1 Å². The smallest absolute Gasteiger partial charge is 0.0281 e. The third-order valence-corrected chi connectivity index (χ3v) is 8.60. The van der Waals surface area contributed by atoms with Gasteiger partial charge in [0.15, 0.2) is 0 Å². The molecule has 0 nitrogen and oxygen atoms in total. The van der Waals surface area contributed by atoms with Gasteiger partial charge in [0.2, 0.25) is 0 Å². The van der Waals surface area contributed by atoms with Gasteiger partial charge in [0, 0.05) is 5.92 Å². The Hall–Kier alpha value is -2.60. The van der Waals surface area contributed by atoms with E-state index in [1.165, 1.54) is 71.9 Å². The molecule has 0 bridgehead atoms. The van der Waals surface area contributed by atoms with Gasteiger partial charge >= 0.3 is 0 Å². The summed E-state index contributed by atoms with van der Waals surface area (Å²) < 4.78 is 0. The average molecular weight is 463 g/mol. The van der Waals surface area contributed by atoms with Crippen LogP contribution in [0.1, 0.15) is 87.5 Å². The standard InChI is InChI=1S/C35H42/c1-4-26-7-5-8-31(23-26)34-22-21-32(33-9-6-10-35(33)34)24-28-15-19-30(20-16-28)29-17-13-27(14-18-29)12-11-25(2)3/h5-10,15-16,19-23,25,27,29,35H,4,11-14,17-18,24H2,1-3H3. The molecule has 35 heavy (non-hydrogen) atoms. The predicted molar refractivity (Wildman–Crippen MR) is 152 cm³/mol. The summed E-state index contributed by atoms with van der Waals surface area (Å²) in [5.74, 6) is 2.98. The fraction of sp³-hybridized carbons (Fsp3) is 0.429. The molecule has 5 rings (SSSR count). The monoisotopic (exact) mass is 462 g/mol. The summed E-state index contributed by atoms with van der Waals surface area (Å²) in [5.41, 5.74) is 10.2. The second kappa shape index (κ2) is 11.0. The summed E-state index contributed by atoms with van der Waals surface area (Å²) in [4.78, 5) is 0. The van der Waals surface area contributed by atoms with Crippen LogP contribution in [0, 0.1) is 17.8 Å². The van der Waals surface area contributed by atoms with Crippen molar-refractivity contribution in [3.8, 4) is 0 Å². The second-order valence-corrected chi connectivity index (χ2v) is 11.5. The number of benzene rings is 2. The van der Waals surface area contributed by atoms with Gasteiger partial charge in [0.05, 0.1) is 0 Å². The van der Waals surface area contributed by atoms with Gasteiger partial charge in [-0.3, -0.25) is 0 Å². The fourth-order valence-electron chi connectivity index (χ4n) is 6.33. The summed E-state index contributed by atoms with van der Waals surface area (Å²) in [5, 5.41) is 0. The van der Waals surface area contributed by atoms with Gasteiger partial charge in [0.1, 0.15) is 0 Å². The highest BCUT2D eigenvalue weighted by molar-refractivity contribution is 5.78. The summed E-state index contributed by atoms with van der Waals surface area (Å²) in [6.07, 6.45) is 22.2. The van der Waals surface area contributed by atoms with Gasteiger partial charge < -0.3 is 0 Å². The van der Waals surface area contributed by atoms with Crippen molar-refractivity contribution in [2.24, 2.45) is 17.8 Å². The highest BCUT2D eigenvalue weighted by atomic mass is 14.3. The van der Waals surface area contributed by atoms with Gasteiger partial charge in [0.25, 0.3) is 0 Å². The minimum absolute atomic E-state index is 0.396. The maximum absolute atomic E-state index is 2.42. The quantitative estimate of drug-likeness (QED) is 0.366. The van der Waals surface area contributed by atoms with Crippen molar-refractivity contribution >= 4 is 5.57 Å². The van der Waals surface area contributed by atoms with Crippen LogP contribution < -0.4 is 0 Å². The third kappa shape index (κ3) is 5.64. The van der Waals surface area contributed by atoms with E-state index in [0.29, 0.717) is 5.92 Å². The lowest BCUT2D eigenvalue weighted by Gasteiger charge is -2.29. The molecule has 0 saturated heterocycles. The molecule has 3 aliphatic rings. The van der Waals surface area contributed by atoms with E-state index < -0.39 is 0 Å². The van der Waals surface area contributed by atoms with E-state index in [0.717, 1.165) is 30.6 Å². The van der Waals surface area contributed by atoms with Gasteiger partial charge in [-0.15, -0.1) is 0 Å². The molecule has 1 fully saturated rings. The molecule has 1 saturated carbocycles. The van der Waals surface area contributed by atoms with Gasteiger partial charge in [-0.2, -0.15) is 0 Å². The highest BCUT2D eigenvalue weighted by Crippen LogP contribution is 2.42. The van der Waals surface area contributed by atoms with E-state index in [1.807, 2.05) is 0 Å². The maximum Gasteiger partial charge on any atom is 0.0281 e. The Kier molecular flexibility index (Phi) is 7.57. The molecule has 1 unspecified atom stereocenters. The lowest BCUT2D eigenvalue weighted by atomic mass is 9.76. The van der Waals surface area contributed by atoms with Gasteiger partial charge in [-0.25, -0.2) is 0 Å². The first-order valence-corrected chi connectivity index (χ1v) is 14.1. The maximum atomic E-state index is 2.42. The van der Waals surface area contributed by atoms with Crippen LogP contribution in [-0.4, -0.2) is 0 Å². The minimum Gasteiger partial charge on any atom is -0.0726 e. The molecule has 0 amide bonds. The molecular weight excluding hydrogens is 420 g/mol. The lowest BCUT2D eigenvalue weighted by molar-refractivity contribution is 0.293. The molecule has 0 aromatic heterocycles. The van der Waals surface area contributed by atoms with Crippen LogP contribution in [0.3, 0.4) is 0 Å². The van der Waals surface area contributed by atoms with Crippen LogP contribution in [-0.2, 0) is 12.8 Å². The zero-order valence-electron chi connectivity index (χ0n) is 22.0. The van der Waals surface area contributed by atoms with Crippen LogP contribution in [0.25, 0.3) is 5.57 Å². The van der Waals surface area contributed by atoms with E-state index in [-0.39, 0.29) is 0 Å². The molecular formula is C35H42. The summed E-state index contributed by atoms with van der Waals surface area (Å²) >= 11 is 0. The first-order valence-electron chi connectivity index (χ1n) is 14.1. The zero-order chi connectivity index (χ0) is 24.2. The second-order valence-electron chi connectivity index (χ2n) is 11.5. The Balaban J connectivity index is 1.24.